The molecular weight excluding hydrogens is 393 g/mol. The van der Waals surface area contributed by atoms with E-state index in [0.29, 0.717) is 12.5 Å². The van der Waals surface area contributed by atoms with Gasteiger partial charge in [-0.2, -0.15) is 0 Å². The van der Waals surface area contributed by atoms with E-state index in [0.717, 1.165) is 44.5 Å². The van der Waals surface area contributed by atoms with E-state index in [1.165, 1.54) is 0 Å². The molecule has 1 saturated heterocycles. The van der Waals surface area contributed by atoms with Gasteiger partial charge < -0.3 is 16.0 Å². The Bertz CT molecular complexity index is 397. The predicted octanol–water partition coefficient (Wildman–Crippen LogP) is 1.03. The van der Waals surface area contributed by atoms with Gasteiger partial charge in [0.1, 0.15) is 0 Å². The predicted molar refractivity (Wildman–Crippen MR) is 103 cm³/mol. The maximum absolute atomic E-state index is 12.1. The van der Waals surface area contributed by atoms with Crippen molar-refractivity contribution >= 4 is 35.8 Å². The number of likely N-dealkylation sites (tertiary alicyclic amines) is 1. The molecule has 6 nitrogen and oxygen atoms in total. The average Bonchev–Trinajstić information content (AvgIpc) is 2.88. The molecule has 1 heterocycles. The molecule has 7 heteroatoms. The van der Waals surface area contributed by atoms with Crippen LogP contribution >= 0.6 is 24.0 Å². The SMILES string of the molecule is C=C(C)CN=C(N)NCCCN1CCCC1C(=O)N(C)C.I. The van der Waals surface area contributed by atoms with Crippen molar-refractivity contribution in [3.8, 4) is 0 Å². The second kappa shape index (κ2) is 10.8. The Morgan fingerprint density at radius 2 is 2.18 bits per heavy atom. The van der Waals surface area contributed by atoms with Crippen molar-refractivity contribution in [3.05, 3.63) is 12.2 Å². The first-order valence-corrected chi connectivity index (χ1v) is 7.55. The smallest absolute Gasteiger partial charge is 0.239 e. The molecule has 3 N–H and O–H groups in total. The molecule has 0 radical (unpaired) electrons. The first-order valence-electron chi connectivity index (χ1n) is 7.55. The van der Waals surface area contributed by atoms with Crippen molar-refractivity contribution in [2.45, 2.75) is 32.2 Å². The van der Waals surface area contributed by atoms with Crippen LogP contribution in [-0.4, -0.2) is 68.0 Å². The monoisotopic (exact) mass is 423 g/mol. The number of guanidine groups is 1. The van der Waals surface area contributed by atoms with Gasteiger partial charge in [0, 0.05) is 27.2 Å². The number of likely N-dealkylation sites (N-methyl/N-ethyl adjacent to an activating group) is 1. The van der Waals surface area contributed by atoms with Crippen LogP contribution in [0.4, 0.5) is 0 Å². The van der Waals surface area contributed by atoms with Crippen molar-refractivity contribution in [1.29, 1.82) is 0 Å². The number of halogens is 1. The highest BCUT2D eigenvalue weighted by Crippen LogP contribution is 2.18. The first kappa shape index (κ1) is 21.2. The van der Waals surface area contributed by atoms with E-state index in [9.17, 15) is 4.79 Å². The van der Waals surface area contributed by atoms with Gasteiger partial charge in [0.2, 0.25) is 5.91 Å². The van der Waals surface area contributed by atoms with E-state index in [2.05, 4.69) is 21.8 Å². The number of carbonyl (C=O) groups excluding carboxylic acids is 1. The van der Waals surface area contributed by atoms with Crippen LogP contribution in [0.2, 0.25) is 0 Å². The Morgan fingerprint density at radius 3 is 2.77 bits per heavy atom. The lowest BCUT2D eigenvalue weighted by atomic mass is 10.2. The maximum atomic E-state index is 12.1. The van der Waals surface area contributed by atoms with E-state index in [-0.39, 0.29) is 35.9 Å². The van der Waals surface area contributed by atoms with Crippen LogP contribution in [0.25, 0.3) is 0 Å². The summed E-state index contributed by atoms with van der Waals surface area (Å²) >= 11 is 0. The Morgan fingerprint density at radius 1 is 1.50 bits per heavy atom. The summed E-state index contributed by atoms with van der Waals surface area (Å²) in [6.07, 6.45) is 3.01. The summed E-state index contributed by atoms with van der Waals surface area (Å²) < 4.78 is 0. The Kier molecular flexibility index (Phi) is 10.4. The number of nitrogens with zero attached hydrogens (tertiary/aromatic N) is 3. The quantitative estimate of drug-likeness (QED) is 0.211. The lowest BCUT2D eigenvalue weighted by molar-refractivity contribution is -0.133. The fourth-order valence-electron chi connectivity index (χ4n) is 2.45. The van der Waals surface area contributed by atoms with Gasteiger partial charge in [0.15, 0.2) is 5.96 Å². The molecule has 1 aliphatic rings. The number of nitrogens with one attached hydrogen (secondary N) is 1. The highest BCUT2D eigenvalue weighted by atomic mass is 127. The summed E-state index contributed by atoms with van der Waals surface area (Å²) in [4.78, 5) is 20.2. The largest absolute Gasteiger partial charge is 0.370 e. The Hall–Kier alpha value is -0.830. The topological polar surface area (TPSA) is 74.0 Å². The molecular formula is C15H30IN5O. The minimum Gasteiger partial charge on any atom is -0.370 e. The normalized spacial score (nSPS) is 18.7. The molecule has 1 rings (SSSR count). The summed E-state index contributed by atoms with van der Waals surface area (Å²) in [6, 6.07) is 0.0504. The average molecular weight is 423 g/mol. The summed E-state index contributed by atoms with van der Waals surface area (Å²) in [5, 5.41) is 3.09. The second-order valence-electron chi connectivity index (χ2n) is 5.87. The van der Waals surface area contributed by atoms with E-state index in [1.54, 1.807) is 4.90 Å². The summed E-state index contributed by atoms with van der Waals surface area (Å²) in [5.41, 5.74) is 6.74. The van der Waals surface area contributed by atoms with Crippen LogP contribution in [0.1, 0.15) is 26.2 Å². The van der Waals surface area contributed by atoms with Crippen LogP contribution in [0.5, 0.6) is 0 Å². The fraction of sp³-hybridized carbons (Fsp3) is 0.733. The molecule has 0 aromatic carbocycles. The standard InChI is InChI=1S/C15H29N5O.HI/c1-12(2)11-18-15(16)17-8-6-10-20-9-5-7-13(20)14(21)19(3)4;/h13H,1,5-11H2,2-4H3,(H3,16,17,18);1H. The molecule has 128 valence electrons. The number of rotatable bonds is 7. The summed E-state index contributed by atoms with van der Waals surface area (Å²) in [5.74, 6) is 0.670. The zero-order chi connectivity index (χ0) is 15.8. The molecule has 1 aliphatic heterocycles. The summed E-state index contributed by atoms with van der Waals surface area (Å²) in [6.45, 7) is 8.94. The number of nitrogens with two attached hydrogens (primary N) is 1. The zero-order valence-electron chi connectivity index (χ0n) is 14.0. The maximum Gasteiger partial charge on any atom is 0.239 e. The minimum atomic E-state index is 0. The van der Waals surface area contributed by atoms with Gasteiger partial charge >= 0.3 is 0 Å². The third-order valence-corrected chi connectivity index (χ3v) is 3.54. The molecule has 1 fully saturated rings. The van der Waals surface area contributed by atoms with E-state index < -0.39 is 0 Å². The molecule has 0 aliphatic carbocycles. The summed E-state index contributed by atoms with van der Waals surface area (Å²) in [7, 11) is 3.64. The second-order valence-corrected chi connectivity index (χ2v) is 5.87. The van der Waals surface area contributed by atoms with E-state index >= 15 is 0 Å². The highest BCUT2D eigenvalue weighted by molar-refractivity contribution is 14.0. The van der Waals surface area contributed by atoms with Crippen molar-refractivity contribution in [2.75, 3.05) is 40.3 Å². The fourth-order valence-corrected chi connectivity index (χ4v) is 2.45. The number of hydrogen-bond donors (Lipinski definition) is 2. The van der Waals surface area contributed by atoms with Gasteiger partial charge in [-0.3, -0.25) is 9.69 Å². The molecule has 0 saturated carbocycles. The van der Waals surface area contributed by atoms with Crippen molar-refractivity contribution in [1.82, 2.24) is 15.1 Å². The van der Waals surface area contributed by atoms with Crippen molar-refractivity contribution < 1.29 is 4.79 Å². The zero-order valence-corrected chi connectivity index (χ0v) is 16.3. The molecule has 0 spiro atoms. The third-order valence-electron chi connectivity index (χ3n) is 3.54. The molecule has 0 aromatic heterocycles. The Labute approximate surface area is 151 Å². The van der Waals surface area contributed by atoms with Crippen LogP contribution in [0.3, 0.4) is 0 Å². The number of amides is 1. The van der Waals surface area contributed by atoms with E-state index in [4.69, 9.17) is 5.73 Å². The lowest BCUT2D eigenvalue weighted by Crippen LogP contribution is -2.43. The minimum absolute atomic E-state index is 0. The molecule has 22 heavy (non-hydrogen) atoms. The van der Waals surface area contributed by atoms with Crippen molar-refractivity contribution in [2.24, 2.45) is 10.7 Å². The molecule has 0 aromatic rings. The molecule has 0 bridgehead atoms. The highest BCUT2D eigenvalue weighted by Gasteiger charge is 2.30. The van der Waals surface area contributed by atoms with Crippen molar-refractivity contribution in [3.63, 3.8) is 0 Å². The number of hydrogen-bond acceptors (Lipinski definition) is 3. The molecule has 1 atom stereocenters. The van der Waals surface area contributed by atoms with Gasteiger partial charge in [-0.05, 0) is 32.7 Å². The Balaban J connectivity index is 0.00000441. The van der Waals surface area contributed by atoms with E-state index in [1.807, 2.05) is 21.0 Å². The van der Waals surface area contributed by atoms with Gasteiger partial charge in [-0.1, -0.05) is 12.2 Å². The van der Waals surface area contributed by atoms with Crippen LogP contribution < -0.4 is 11.1 Å². The van der Waals surface area contributed by atoms with Crippen LogP contribution in [0.15, 0.2) is 17.1 Å². The van der Waals surface area contributed by atoms with Crippen LogP contribution in [0, 0.1) is 0 Å². The lowest BCUT2D eigenvalue weighted by Gasteiger charge is -2.26. The van der Waals surface area contributed by atoms with Gasteiger partial charge in [-0.15, -0.1) is 24.0 Å². The number of aliphatic imine (C=N–C) groups is 1. The molecule has 1 amide bonds. The van der Waals surface area contributed by atoms with Gasteiger partial charge in [-0.25, -0.2) is 4.99 Å². The van der Waals surface area contributed by atoms with Gasteiger partial charge in [0.25, 0.3) is 0 Å². The molecule has 1 unspecified atom stereocenters. The number of carbonyl (C=O) groups is 1. The van der Waals surface area contributed by atoms with Gasteiger partial charge in [0.05, 0.1) is 12.6 Å². The first-order chi connectivity index (χ1) is 9.91. The van der Waals surface area contributed by atoms with Crippen LogP contribution in [-0.2, 0) is 4.79 Å². The third kappa shape index (κ3) is 7.44.